The topological polar surface area (TPSA) is 29.3 Å². The Kier molecular flexibility index (Phi) is 2.61. The molecule has 0 aromatic heterocycles. The van der Waals surface area contributed by atoms with Crippen molar-refractivity contribution in [3.05, 3.63) is 0 Å². The molecule has 2 rings (SSSR count). The van der Waals surface area contributed by atoms with Crippen LogP contribution in [0.2, 0.25) is 0 Å². The average Bonchev–Trinajstić information content (AvgIpc) is 2.54. The Hall–Kier alpha value is -0.0800. The zero-order valence-electron chi connectivity index (χ0n) is 8.76. The molecule has 2 nitrogen and oxygen atoms in total. The smallest absolute Gasteiger partial charge is 0.0216 e. The fourth-order valence-electron chi connectivity index (χ4n) is 3.09. The molecule has 1 unspecified atom stereocenters. The molecule has 2 aliphatic rings. The maximum absolute atomic E-state index is 5.74. The molecule has 0 amide bonds. The predicted molar refractivity (Wildman–Crippen MR) is 55.6 cm³/mol. The third-order valence-electron chi connectivity index (χ3n) is 4.00. The molecule has 2 fully saturated rings. The van der Waals surface area contributed by atoms with Crippen LogP contribution in [0.3, 0.4) is 0 Å². The summed E-state index contributed by atoms with van der Waals surface area (Å²) in [6.07, 6.45) is 7.10. The van der Waals surface area contributed by atoms with E-state index >= 15 is 0 Å². The quantitative estimate of drug-likeness (QED) is 0.718. The molecule has 2 heteroatoms. The van der Waals surface area contributed by atoms with Crippen LogP contribution in [0.1, 0.15) is 39.0 Å². The van der Waals surface area contributed by atoms with Gasteiger partial charge in [0.25, 0.3) is 0 Å². The molecular weight excluding hydrogens is 160 g/mol. The minimum Gasteiger partial charge on any atom is -0.329 e. The standard InChI is InChI=1S/C11H22N2/c1-2-10(7-12)13-8-11(9-13)5-3-4-6-11/h10H,2-9,12H2,1H3. The lowest BCUT2D eigenvalue weighted by molar-refractivity contribution is -0.0252. The molecule has 1 aliphatic carbocycles. The molecule has 13 heavy (non-hydrogen) atoms. The highest BCUT2D eigenvalue weighted by Crippen LogP contribution is 2.46. The van der Waals surface area contributed by atoms with E-state index in [0.717, 1.165) is 12.0 Å². The summed E-state index contributed by atoms with van der Waals surface area (Å²) in [7, 11) is 0. The Morgan fingerprint density at radius 3 is 2.38 bits per heavy atom. The van der Waals surface area contributed by atoms with Gasteiger partial charge >= 0.3 is 0 Å². The maximum Gasteiger partial charge on any atom is 0.0216 e. The molecule has 1 spiro atoms. The van der Waals surface area contributed by atoms with Crippen LogP contribution in [0.25, 0.3) is 0 Å². The molecule has 1 heterocycles. The van der Waals surface area contributed by atoms with Crippen LogP contribution in [-0.4, -0.2) is 30.6 Å². The van der Waals surface area contributed by atoms with Crippen molar-refractivity contribution < 1.29 is 0 Å². The molecule has 1 aliphatic heterocycles. The van der Waals surface area contributed by atoms with E-state index in [9.17, 15) is 0 Å². The van der Waals surface area contributed by atoms with Crippen molar-refractivity contribution in [1.29, 1.82) is 0 Å². The number of rotatable bonds is 3. The fourth-order valence-corrected chi connectivity index (χ4v) is 3.09. The number of hydrogen-bond acceptors (Lipinski definition) is 2. The number of nitrogens with zero attached hydrogens (tertiary/aromatic N) is 1. The van der Waals surface area contributed by atoms with Crippen LogP contribution in [0.5, 0.6) is 0 Å². The van der Waals surface area contributed by atoms with Crippen LogP contribution in [0.4, 0.5) is 0 Å². The van der Waals surface area contributed by atoms with Gasteiger partial charge in [-0.05, 0) is 24.7 Å². The van der Waals surface area contributed by atoms with Crippen molar-refractivity contribution in [2.45, 2.75) is 45.1 Å². The van der Waals surface area contributed by atoms with Crippen molar-refractivity contribution >= 4 is 0 Å². The summed E-state index contributed by atoms with van der Waals surface area (Å²) >= 11 is 0. The van der Waals surface area contributed by atoms with E-state index in [0.29, 0.717) is 6.04 Å². The van der Waals surface area contributed by atoms with Crippen molar-refractivity contribution in [3.8, 4) is 0 Å². The van der Waals surface area contributed by atoms with Crippen LogP contribution >= 0.6 is 0 Å². The fraction of sp³-hybridized carbons (Fsp3) is 1.00. The summed E-state index contributed by atoms with van der Waals surface area (Å²) in [6, 6.07) is 0.659. The Morgan fingerprint density at radius 2 is 1.92 bits per heavy atom. The van der Waals surface area contributed by atoms with Gasteiger partial charge in [0.1, 0.15) is 0 Å². The molecule has 2 N–H and O–H groups in total. The highest BCUT2D eigenvalue weighted by Gasteiger charge is 2.45. The number of hydrogen-bond donors (Lipinski definition) is 1. The Balaban J connectivity index is 1.82. The monoisotopic (exact) mass is 182 g/mol. The van der Waals surface area contributed by atoms with E-state index in [4.69, 9.17) is 5.73 Å². The van der Waals surface area contributed by atoms with E-state index in [2.05, 4.69) is 11.8 Å². The van der Waals surface area contributed by atoms with Crippen LogP contribution in [-0.2, 0) is 0 Å². The lowest BCUT2D eigenvalue weighted by Crippen LogP contribution is -2.60. The van der Waals surface area contributed by atoms with Gasteiger partial charge in [0, 0.05) is 25.7 Å². The molecule has 0 aromatic carbocycles. The second kappa shape index (κ2) is 3.58. The third-order valence-corrected chi connectivity index (χ3v) is 4.00. The van der Waals surface area contributed by atoms with E-state index in [1.807, 2.05) is 0 Å². The maximum atomic E-state index is 5.74. The minimum atomic E-state index is 0.659. The first-order valence-corrected chi connectivity index (χ1v) is 5.74. The van der Waals surface area contributed by atoms with Gasteiger partial charge in [0.2, 0.25) is 0 Å². The van der Waals surface area contributed by atoms with Crippen molar-refractivity contribution in [2.75, 3.05) is 19.6 Å². The van der Waals surface area contributed by atoms with Crippen molar-refractivity contribution in [3.63, 3.8) is 0 Å². The largest absolute Gasteiger partial charge is 0.329 e. The zero-order valence-corrected chi connectivity index (χ0v) is 8.76. The summed E-state index contributed by atoms with van der Waals surface area (Å²) in [5.41, 5.74) is 6.48. The van der Waals surface area contributed by atoms with Crippen LogP contribution in [0.15, 0.2) is 0 Å². The van der Waals surface area contributed by atoms with E-state index < -0.39 is 0 Å². The highest BCUT2D eigenvalue weighted by molar-refractivity contribution is 4.99. The summed E-state index contributed by atoms with van der Waals surface area (Å²) in [4.78, 5) is 2.59. The second-order valence-electron chi connectivity index (χ2n) is 4.91. The molecule has 76 valence electrons. The normalized spacial score (nSPS) is 29.1. The first-order chi connectivity index (χ1) is 6.29. The summed E-state index contributed by atoms with van der Waals surface area (Å²) in [5.74, 6) is 0. The lowest BCUT2D eigenvalue weighted by atomic mass is 9.77. The third kappa shape index (κ3) is 1.62. The molecule has 0 radical (unpaired) electrons. The second-order valence-corrected chi connectivity index (χ2v) is 4.91. The van der Waals surface area contributed by atoms with Crippen molar-refractivity contribution in [1.82, 2.24) is 4.90 Å². The van der Waals surface area contributed by atoms with E-state index in [1.54, 1.807) is 0 Å². The molecular formula is C11H22N2. The van der Waals surface area contributed by atoms with Gasteiger partial charge in [0.05, 0.1) is 0 Å². The summed E-state index contributed by atoms with van der Waals surface area (Å²) < 4.78 is 0. The van der Waals surface area contributed by atoms with Gasteiger partial charge in [-0.1, -0.05) is 19.8 Å². The summed E-state index contributed by atoms with van der Waals surface area (Å²) in [5, 5.41) is 0. The predicted octanol–water partition coefficient (Wildman–Crippen LogP) is 1.60. The highest BCUT2D eigenvalue weighted by atomic mass is 15.2. The molecule has 0 aromatic rings. The average molecular weight is 182 g/mol. The molecule has 0 bridgehead atoms. The number of nitrogens with two attached hydrogens (primary N) is 1. The van der Waals surface area contributed by atoms with Gasteiger partial charge in [-0.3, -0.25) is 4.90 Å². The SMILES string of the molecule is CCC(CN)N1CC2(CCCC2)C1. The van der Waals surface area contributed by atoms with Crippen molar-refractivity contribution in [2.24, 2.45) is 11.1 Å². The minimum absolute atomic E-state index is 0.659. The first kappa shape index (κ1) is 9.47. The first-order valence-electron chi connectivity index (χ1n) is 5.74. The molecule has 1 saturated carbocycles. The van der Waals surface area contributed by atoms with Gasteiger partial charge in [0.15, 0.2) is 0 Å². The lowest BCUT2D eigenvalue weighted by Gasteiger charge is -2.51. The van der Waals surface area contributed by atoms with Gasteiger partial charge in [-0.15, -0.1) is 0 Å². The van der Waals surface area contributed by atoms with E-state index in [1.165, 1.54) is 45.2 Å². The number of likely N-dealkylation sites (tertiary alicyclic amines) is 1. The molecule has 1 saturated heterocycles. The summed E-state index contributed by atoms with van der Waals surface area (Å²) in [6.45, 7) is 5.76. The van der Waals surface area contributed by atoms with Gasteiger partial charge in [-0.25, -0.2) is 0 Å². The Bertz CT molecular complexity index is 161. The van der Waals surface area contributed by atoms with E-state index in [-0.39, 0.29) is 0 Å². The van der Waals surface area contributed by atoms with Gasteiger partial charge < -0.3 is 5.73 Å². The zero-order chi connectivity index (χ0) is 9.31. The van der Waals surface area contributed by atoms with Crippen LogP contribution in [0, 0.1) is 5.41 Å². The molecule has 1 atom stereocenters. The van der Waals surface area contributed by atoms with Gasteiger partial charge in [-0.2, -0.15) is 0 Å². The Labute approximate surface area is 81.5 Å². The Morgan fingerprint density at radius 1 is 1.31 bits per heavy atom. The van der Waals surface area contributed by atoms with Crippen LogP contribution < -0.4 is 5.73 Å².